The number of imidazole rings is 1. The molecule has 0 bridgehead atoms. The zero-order valence-corrected chi connectivity index (χ0v) is 26.9. The Morgan fingerprint density at radius 2 is 1.55 bits per heavy atom. The van der Waals surface area contributed by atoms with E-state index in [0.717, 1.165) is 33.3 Å². The molecule has 244 valence electrons. The maximum Gasteiger partial charge on any atom is 0.408 e. The lowest BCUT2D eigenvalue weighted by molar-refractivity contribution is -0.130. The molecule has 2 aromatic heterocycles. The van der Waals surface area contributed by atoms with Crippen LogP contribution in [0.2, 0.25) is 0 Å². The first kappa shape index (κ1) is 32.8. The first-order chi connectivity index (χ1) is 22.6. The van der Waals surface area contributed by atoms with Crippen LogP contribution in [0.5, 0.6) is 5.75 Å². The number of aromatic nitrogens is 3. The number of carbonyl (C=O) groups excluding carboxylic acids is 3. The van der Waals surface area contributed by atoms with Crippen molar-refractivity contribution in [1.82, 2.24) is 30.9 Å². The molecule has 0 spiro atoms. The van der Waals surface area contributed by atoms with Crippen LogP contribution in [0.1, 0.15) is 37.6 Å². The van der Waals surface area contributed by atoms with E-state index in [9.17, 15) is 14.4 Å². The lowest BCUT2D eigenvalue weighted by atomic mass is 10.0. The van der Waals surface area contributed by atoms with E-state index in [-0.39, 0.29) is 25.3 Å². The molecule has 2 heterocycles. The molecule has 11 nitrogen and oxygen atoms in total. The van der Waals surface area contributed by atoms with E-state index in [1.165, 1.54) is 0 Å². The first-order valence-corrected chi connectivity index (χ1v) is 15.4. The number of nitrogens with one attached hydrogen (secondary N) is 5. The Hall–Kier alpha value is -5.58. The molecular weight excluding hydrogens is 596 g/mol. The van der Waals surface area contributed by atoms with Crippen molar-refractivity contribution >= 4 is 28.8 Å². The highest BCUT2D eigenvalue weighted by atomic mass is 16.6. The van der Waals surface area contributed by atoms with Crippen LogP contribution in [-0.4, -0.2) is 57.7 Å². The number of nitrogens with zero attached hydrogens (tertiary/aromatic N) is 1. The van der Waals surface area contributed by atoms with Gasteiger partial charge < -0.3 is 35.4 Å². The molecule has 0 aliphatic heterocycles. The summed E-state index contributed by atoms with van der Waals surface area (Å²) in [5, 5.41) is 9.49. The molecule has 2 atom stereocenters. The predicted octanol–water partition coefficient (Wildman–Crippen LogP) is 5.05. The third kappa shape index (κ3) is 9.00. The Bertz CT molecular complexity index is 1810. The van der Waals surface area contributed by atoms with E-state index in [4.69, 9.17) is 9.47 Å². The van der Waals surface area contributed by atoms with Gasteiger partial charge in [-0.15, -0.1) is 0 Å². The van der Waals surface area contributed by atoms with Gasteiger partial charge in [-0.05, 0) is 62.2 Å². The monoisotopic (exact) mass is 636 g/mol. The Morgan fingerprint density at radius 3 is 2.28 bits per heavy atom. The number of rotatable bonds is 12. The molecule has 5 rings (SSSR count). The lowest BCUT2D eigenvalue weighted by Gasteiger charge is -2.25. The van der Waals surface area contributed by atoms with Gasteiger partial charge in [0.2, 0.25) is 11.8 Å². The molecule has 0 aliphatic rings. The smallest absolute Gasteiger partial charge is 0.408 e. The molecule has 5 N–H and O–H groups in total. The summed E-state index contributed by atoms with van der Waals surface area (Å²) < 4.78 is 10.7. The third-order valence-electron chi connectivity index (χ3n) is 7.46. The molecule has 0 saturated carbocycles. The number of aromatic amines is 2. The normalized spacial score (nSPS) is 12.6. The molecule has 0 saturated heterocycles. The fourth-order valence-corrected chi connectivity index (χ4v) is 5.15. The SMILES string of the molecule is COc1ccc(-c2ncc(C[C@H](NC(=O)[C@H](Cc3c[nH]c4ccccc34)NC(=O)OC(C)(C)C)C(=O)NCc3ccccc3)[nH]2)cc1. The van der Waals surface area contributed by atoms with Gasteiger partial charge in [0.05, 0.1) is 7.11 Å². The second kappa shape index (κ2) is 14.7. The number of methoxy groups -OCH3 is 1. The van der Waals surface area contributed by atoms with E-state index < -0.39 is 29.7 Å². The van der Waals surface area contributed by atoms with E-state index in [1.54, 1.807) is 34.1 Å². The van der Waals surface area contributed by atoms with E-state index >= 15 is 0 Å². The Morgan fingerprint density at radius 1 is 0.851 bits per heavy atom. The average Bonchev–Trinajstić information content (AvgIpc) is 3.70. The maximum atomic E-state index is 14.0. The van der Waals surface area contributed by atoms with Gasteiger partial charge in [0, 0.05) is 53.9 Å². The van der Waals surface area contributed by atoms with Gasteiger partial charge in [-0.25, -0.2) is 9.78 Å². The highest BCUT2D eigenvalue weighted by Crippen LogP contribution is 2.21. The summed E-state index contributed by atoms with van der Waals surface area (Å²) in [5.41, 5.74) is 3.37. The third-order valence-corrected chi connectivity index (χ3v) is 7.46. The van der Waals surface area contributed by atoms with Crippen LogP contribution in [0.25, 0.3) is 22.3 Å². The van der Waals surface area contributed by atoms with Gasteiger partial charge >= 0.3 is 6.09 Å². The number of amides is 3. The fourth-order valence-electron chi connectivity index (χ4n) is 5.15. The van der Waals surface area contributed by atoms with Crippen molar-refractivity contribution in [3.63, 3.8) is 0 Å². The maximum absolute atomic E-state index is 14.0. The molecule has 47 heavy (non-hydrogen) atoms. The molecule has 3 amide bonds. The summed E-state index contributed by atoms with van der Waals surface area (Å²) in [6.45, 7) is 5.53. The summed E-state index contributed by atoms with van der Waals surface area (Å²) in [7, 11) is 1.60. The van der Waals surface area contributed by atoms with Crippen LogP contribution in [0.4, 0.5) is 4.79 Å². The number of benzene rings is 3. The molecule has 0 unspecified atom stereocenters. The van der Waals surface area contributed by atoms with E-state index in [0.29, 0.717) is 11.5 Å². The highest BCUT2D eigenvalue weighted by Gasteiger charge is 2.30. The van der Waals surface area contributed by atoms with E-state index in [2.05, 4.69) is 30.9 Å². The van der Waals surface area contributed by atoms with Crippen molar-refractivity contribution in [1.29, 1.82) is 0 Å². The van der Waals surface area contributed by atoms with Crippen LogP contribution in [0.3, 0.4) is 0 Å². The van der Waals surface area contributed by atoms with Gasteiger partial charge in [-0.2, -0.15) is 0 Å². The quantitative estimate of drug-likeness (QED) is 0.129. The number of carbonyl (C=O) groups is 3. The number of fused-ring (bicyclic) bond motifs is 1. The van der Waals surface area contributed by atoms with Gasteiger partial charge in [0.15, 0.2) is 0 Å². The molecule has 3 aromatic carbocycles. The predicted molar refractivity (Wildman–Crippen MR) is 180 cm³/mol. The lowest BCUT2D eigenvalue weighted by Crippen LogP contribution is -2.55. The zero-order valence-electron chi connectivity index (χ0n) is 26.9. The van der Waals surface area contributed by atoms with Crippen LogP contribution >= 0.6 is 0 Å². The van der Waals surface area contributed by atoms with Crippen molar-refractivity contribution in [2.24, 2.45) is 0 Å². The van der Waals surface area contributed by atoms with Gasteiger partial charge in [-0.1, -0.05) is 48.5 Å². The number of alkyl carbamates (subject to hydrolysis) is 1. The number of ether oxygens (including phenoxy) is 2. The van der Waals surface area contributed by atoms with Crippen LogP contribution in [0.15, 0.2) is 91.3 Å². The summed E-state index contributed by atoms with van der Waals surface area (Å²) >= 11 is 0. The minimum Gasteiger partial charge on any atom is -0.497 e. The van der Waals surface area contributed by atoms with Gasteiger partial charge in [0.1, 0.15) is 29.3 Å². The topological polar surface area (TPSA) is 150 Å². The fraction of sp³-hybridized carbons (Fsp3) is 0.278. The minimum atomic E-state index is -1.04. The number of H-pyrrole nitrogens is 2. The zero-order chi connectivity index (χ0) is 33.4. The second-order valence-corrected chi connectivity index (χ2v) is 12.2. The van der Waals surface area contributed by atoms with Crippen molar-refractivity contribution in [3.8, 4) is 17.1 Å². The Balaban J connectivity index is 1.38. The molecular formula is C36H40N6O5. The number of hydrogen-bond acceptors (Lipinski definition) is 6. The summed E-state index contributed by atoms with van der Waals surface area (Å²) in [5.74, 6) is 0.420. The average molecular weight is 637 g/mol. The van der Waals surface area contributed by atoms with Crippen molar-refractivity contribution in [3.05, 3.63) is 108 Å². The minimum absolute atomic E-state index is 0.127. The van der Waals surface area contributed by atoms with Crippen molar-refractivity contribution in [2.45, 2.75) is 57.8 Å². The Kier molecular flexibility index (Phi) is 10.2. The summed E-state index contributed by atoms with van der Waals surface area (Å²) in [6, 6.07) is 22.6. The molecule has 11 heteroatoms. The van der Waals surface area contributed by atoms with Crippen molar-refractivity contribution in [2.75, 3.05) is 7.11 Å². The highest BCUT2D eigenvalue weighted by molar-refractivity contribution is 5.92. The molecule has 0 aliphatic carbocycles. The van der Waals surface area contributed by atoms with E-state index in [1.807, 2.05) is 85.1 Å². The largest absolute Gasteiger partial charge is 0.497 e. The Labute approximate surface area is 273 Å². The summed E-state index contributed by atoms with van der Waals surface area (Å²) in [6.07, 6.45) is 3.02. The molecule has 0 fully saturated rings. The summed E-state index contributed by atoms with van der Waals surface area (Å²) in [4.78, 5) is 51.5. The second-order valence-electron chi connectivity index (χ2n) is 12.2. The standard InChI is InChI=1S/C36H40N6O5/c1-36(2,3)47-35(45)42-30(18-25-21-37-29-13-9-8-12-28(25)29)34(44)41-31(33(43)39-20-23-10-6-5-7-11-23)19-26-22-38-32(40-26)24-14-16-27(46-4)17-15-24/h5-17,21-22,30-31,37H,18-20H2,1-4H3,(H,38,40)(H,39,43)(H,41,44)(H,42,45)/t30-,31-/m0/s1. The van der Waals surface area contributed by atoms with Crippen LogP contribution < -0.4 is 20.7 Å². The first-order valence-electron chi connectivity index (χ1n) is 15.4. The van der Waals surface area contributed by atoms with Crippen LogP contribution in [-0.2, 0) is 33.7 Å². The number of para-hydroxylation sites is 1. The van der Waals surface area contributed by atoms with Crippen molar-refractivity contribution < 1.29 is 23.9 Å². The van der Waals surface area contributed by atoms with Gasteiger partial charge in [0.25, 0.3) is 0 Å². The molecule has 5 aromatic rings. The van der Waals surface area contributed by atoms with Crippen LogP contribution in [0, 0.1) is 0 Å². The number of hydrogen-bond donors (Lipinski definition) is 5. The van der Waals surface area contributed by atoms with Gasteiger partial charge in [-0.3, -0.25) is 9.59 Å². The molecule has 0 radical (unpaired) electrons.